The molecular weight excluding hydrogens is 176 g/mol. The minimum absolute atomic E-state index is 0. The number of halogens is 8. The summed E-state index contributed by atoms with van der Waals surface area (Å²) in [6, 6.07) is 0. The first-order chi connectivity index (χ1) is 1.00. The molecule has 0 atom stereocenters. The highest BCUT2D eigenvalue weighted by atomic mass is 19.0. The molecule has 0 heterocycles. The molecule has 0 amide bonds. The fraction of sp³-hybridized carbons (Fsp3) is 1.00. The van der Waals surface area contributed by atoms with Gasteiger partial charge in [-0.25, -0.2) is 0 Å². The van der Waals surface area contributed by atoms with Gasteiger partial charge in [0.05, 0.1) is 0 Å². The lowest BCUT2D eigenvalue weighted by Gasteiger charge is -1.07. The number of rotatable bonds is 0. The lowest BCUT2D eigenvalue weighted by molar-refractivity contribution is 1.11. The summed E-state index contributed by atoms with van der Waals surface area (Å²) in [5.74, 6) is 0. The van der Waals surface area contributed by atoms with E-state index < -0.39 is 0 Å². The lowest BCUT2D eigenvalue weighted by atomic mass is 11.0. The predicted octanol–water partition coefficient (Wildman–Crippen LogP) is 2.25. The van der Waals surface area contributed by atoms with Gasteiger partial charge in [-0.1, -0.05) is 13.8 Å². The third-order valence-electron chi connectivity index (χ3n) is 0. The molecule has 0 aromatic heterocycles. The molecule has 0 unspecified atom stereocenters. The van der Waals surface area contributed by atoms with Gasteiger partial charge in [0.15, 0.2) is 0 Å². The molecule has 0 rings (SSSR count). The Morgan fingerprint density at radius 2 is 0.300 bits per heavy atom. The summed E-state index contributed by atoms with van der Waals surface area (Å²) >= 11 is 0. The van der Waals surface area contributed by atoms with Crippen LogP contribution in [0.4, 0.5) is 37.6 Å². The Morgan fingerprint density at radius 3 is 0.300 bits per heavy atom. The Labute approximate surface area is 52.9 Å². The Bertz CT molecular complexity index is 7.22. The molecule has 0 aromatic rings. The molecule has 0 aromatic carbocycles. The van der Waals surface area contributed by atoms with Gasteiger partial charge in [-0.05, 0) is 0 Å². The van der Waals surface area contributed by atoms with Crippen LogP contribution in [0.5, 0.6) is 0 Å². The standard InChI is InChI=1S/C2H6.8FH/c1-2;;;;;;;;/h1-2H3;8*1H. The number of hydrogen-bond acceptors (Lipinski definition) is 0. The summed E-state index contributed by atoms with van der Waals surface area (Å²) in [6.07, 6.45) is 0. The van der Waals surface area contributed by atoms with Gasteiger partial charge in [-0.15, -0.1) is 0 Å². The van der Waals surface area contributed by atoms with Gasteiger partial charge in [0.25, 0.3) is 0 Å². The monoisotopic (exact) mass is 190 g/mol. The van der Waals surface area contributed by atoms with Crippen LogP contribution in [0.1, 0.15) is 13.8 Å². The van der Waals surface area contributed by atoms with Crippen LogP contribution >= 0.6 is 0 Å². The van der Waals surface area contributed by atoms with Crippen molar-refractivity contribution in [3.8, 4) is 0 Å². The molecule has 0 nitrogen and oxygen atoms in total. The van der Waals surface area contributed by atoms with Crippen molar-refractivity contribution in [2.24, 2.45) is 0 Å². The molecule has 0 radical (unpaired) electrons. The quantitative estimate of drug-likeness (QED) is 0.514. The minimum atomic E-state index is 0. The molecule has 0 aliphatic heterocycles. The molecule has 0 fully saturated rings. The van der Waals surface area contributed by atoms with Crippen molar-refractivity contribution in [2.75, 3.05) is 0 Å². The van der Waals surface area contributed by atoms with Crippen LogP contribution in [0, 0.1) is 0 Å². The van der Waals surface area contributed by atoms with Crippen molar-refractivity contribution in [1.29, 1.82) is 0 Å². The van der Waals surface area contributed by atoms with Gasteiger partial charge in [0, 0.05) is 0 Å². The van der Waals surface area contributed by atoms with E-state index in [9.17, 15) is 0 Å². The maximum absolute atomic E-state index is 2.00. The van der Waals surface area contributed by atoms with E-state index in [4.69, 9.17) is 0 Å². The van der Waals surface area contributed by atoms with Crippen LogP contribution in [-0.2, 0) is 0 Å². The van der Waals surface area contributed by atoms with E-state index in [-0.39, 0.29) is 37.6 Å². The largest absolute Gasteiger partial charge is 0.269 e. The van der Waals surface area contributed by atoms with Gasteiger partial charge in [0.1, 0.15) is 0 Å². The van der Waals surface area contributed by atoms with Crippen LogP contribution in [0.3, 0.4) is 0 Å². The normalized spacial score (nSPS) is 0.600. The Morgan fingerprint density at radius 1 is 0.300 bits per heavy atom. The van der Waals surface area contributed by atoms with Crippen molar-refractivity contribution in [1.82, 2.24) is 0 Å². The topological polar surface area (TPSA) is 0 Å². The fourth-order valence-corrected chi connectivity index (χ4v) is 0. The zero-order valence-corrected chi connectivity index (χ0v) is 5.27. The Kier molecular flexibility index (Phi) is 517000. The molecule has 8 heteroatoms. The average Bonchev–Trinajstić information content (AvgIpc) is 1.00. The van der Waals surface area contributed by atoms with E-state index in [1.54, 1.807) is 0 Å². The van der Waals surface area contributed by atoms with E-state index in [1.807, 2.05) is 13.8 Å². The molecule has 0 spiro atoms. The van der Waals surface area contributed by atoms with Gasteiger partial charge < -0.3 is 0 Å². The van der Waals surface area contributed by atoms with Crippen LogP contribution in [0.25, 0.3) is 0 Å². The first-order valence-corrected chi connectivity index (χ1v) is 1.00. The van der Waals surface area contributed by atoms with E-state index in [0.717, 1.165) is 0 Å². The maximum atomic E-state index is 2.00. The Hall–Kier alpha value is -0.560. The van der Waals surface area contributed by atoms with Crippen molar-refractivity contribution < 1.29 is 37.6 Å². The molecule has 0 N–H and O–H groups in total. The van der Waals surface area contributed by atoms with Crippen LogP contribution in [0.15, 0.2) is 0 Å². The van der Waals surface area contributed by atoms with Gasteiger partial charge in [0.2, 0.25) is 0 Å². The van der Waals surface area contributed by atoms with Crippen molar-refractivity contribution in [3.63, 3.8) is 0 Å². The second-order valence-electron chi connectivity index (χ2n) is 0. The summed E-state index contributed by atoms with van der Waals surface area (Å²) in [5.41, 5.74) is 0. The minimum Gasteiger partial charge on any atom is -0.269 e. The van der Waals surface area contributed by atoms with Crippen LogP contribution < -0.4 is 0 Å². The highest BCUT2D eigenvalue weighted by Gasteiger charge is 0.932. The molecular formula is C2H14F8. The highest BCUT2D eigenvalue weighted by Crippen LogP contribution is 1.14. The third-order valence-corrected chi connectivity index (χ3v) is 0. The van der Waals surface area contributed by atoms with E-state index >= 15 is 0 Å². The van der Waals surface area contributed by atoms with Crippen molar-refractivity contribution in [3.05, 3.63) is 0 Å². The zero-order valence-electron chi connectivity index (χ0n) is 5.27. The molecule has 78 valence electrons. The van der Waals surface area contributed by atoms with Gasteiger partial charge in [-0.2, -0.15) is 0 Å². The smallest absolute Gasteiger partial charge is 0.0683 e. The van der Waals surface area contributed by atoms with Crippen molar-refractivity contribution in [2.45, 2.75) is 13.8 Å². The molecule has 0 bridgehead atoms. The molecule has 0 saturated heterocycles. The van der Waals surface area contributed by atoms with Gasteiger partial charge >= 0.3 is 0 Å². The van der Waals surface area contributed by atoms with E-state index in [1.165, 1.54) is 0 Å². The van der Waals surface area contributed by atoms with Crippen LogP contribution in [0.2, 0.25) is 0 Å². The maximum Gasteiger partial charge on any atom is -0.0683 e. The number of hydrogen-bond donors (Lipinski definition) is 0. The molecule has 0 saturated carbocycles. The fourth-order valence-electron chi connectivity index (χ4n) is 0. The SMILES string of the molecule is CC.F.F.F.F.F.F.F.F. The molecule has 10 heavy (non-hydrogen) atoms. The summed E-state index contributed by atoms with van der Waals surface area (Å²) in [7, 11) is 0. The summed E-state index contributed by atoms with van der Waals surface area (Å²) in [5, 5.41) is 0. The first kappa shape index (κ1) is 3470. The molecule has 0 aliphatic carbocycles. The first-order valence-electron chi connectivity index (χ1n) is 1.00. The summed E-state index contributed by atoms with van der Waals surface area (Å²) < 4.78 is 0. The second-order valence-corrected chi connectivity index (χ2v) is 0. The zero-order chi connectivity index (χ0) is 2.00. The van der Waals surface area contributed by atoms with Crippen LogP contribution in [-0.4, -0.2) is 0 Å². The average molecular weight is 190 g/mol. The summed E-state index contributed by atoms with van der Waals surface area (Å²) in [4.78, 5) is 0. The third kappa shape index (κ3) is 984. The highest BCUT2D eigenvalue weighted by molar-refractivity contribution is 3.50. The second kappa shape index (κ2) is 1490. The molecule has 0 aliphatic rings. The predicted molar refractivity (Wildman–Crippen MR) is 31.4 cm³/mol. The lowest BCUT2D eigenvalue weighted by Crippen LogP contribution is -0.856. The van der Waals surface area contributed by atoms with Gasteiger partial charge in [-0.3, -0.25) is 37.6 Å². The van der Waals surface area contributed by atoms with E-state index in [2.05, 4.69) is 0 Å². The van der Waals surface area contributed by atoms with Crippen molar-refractivity contribution >= 4 is 0 Å². The van der Waals surface area contributed by atoms with E-state index in [0.29, 0.717) is 0 Å². The Balaban J connectivity index is -0.000000000179. The summed E-state index contributed by atoms with van der Waals surface area (Å²) in [6.45, 7) is 4.00.